The van der Waals surface area contributed by atoms with Gasteiger partial charge in [-0.2, -0.15) is 0 Å². The second-order valence-corrected chi connectivity index (χ2v) is 4.40. The Labute approximate surface area is 106 Å². The number of fused-ring (bicyclic) bond motifs is 3. The molecule has 18 heavy (non-hydrogen) atoms. The number of carbonyl (C=O) groups excluding carboxylic acids is 1. The van der Waals surface area contributed by atoms with Crippen molar-refractivity contribution < 1.29 is 9.53 Å². The first-order valence-corrected chi connectivity index (χ1v) is 5.77. The summed E-state index contributed by atoms with van der Waals surface area (Å²) in [6, 6.07) is 0. The Morgan fingerprint density at radius 3 is 2.83 bits per heavy atom. The fourth-order valence-corrected chi connectivity index (χ4v) is 2.18. The van der Waals surface area contributed by atoms with E-state index in [-0.39, 0.29) is 5.78 Å². The number of hydrogen-bond donors (Lipinski definition) is 0. The summed E-state index contributed by atoms with van der Waals surface area (Å²) in [7, 11) is 0. The van der Waals surface area contributed by atoms with E-state index in [9.17, 15) is 4.79 Å². The van der Waals surface area contributed by atoms with Gasteiger partial charge in [0.25, 0.3) is 0 Å². The van der Waals surface area contributed by atoms with Crippen LogP contribution in [0.2, 0.25) is 0 Å². The molecule has 0 spiro atoms. The van der Waals surface area contributed by atoms with Crippen molar-refractivity contribution in [2.45, 2.75) is 6.42 Å². The third-order valence-electron chi connectivity index (χ3n) is 3.15. The molecule has 0 saturated heterocycles. The average molecular weight is 236 g/mol. The number of allylic oxidation sites excluding steroid dienone is 10. The van der Waals surface area contributed by atoms with Crippen molar-refractivity contribution in [1.82, 2.24) is 0 Å². The summed E-state index contributed by atoms with van der Waals surface area (Å²) in [5, 5.41) is 0. The fourth-order valence-electron chi connectivity index (χ4n) is 2.18. The molecule has 88 valence electrons. The van der Waals surface area contributed by atoms with Crippen LogP contribution in [0, 0.1) is 0 Å². The monoisotopic (exact) mass is 236 g/mol. The second kappa shape index (κ2) is 3.84. The smallest absolute Gasteiger partial charge is 0.196 e. The van der Waals surface area contributed by atoms with Crippen LogP contribution < -0.4 is 0 Å². The van der Waals surface area contributed by atoms with Crippen LogP contribution in [0.1, 0.15) is 6.42 Å². The van der Waals surface area contributed by atoms with E-state index < -0.39 is 0 Å². The molecule has 1 aliphatic heterocycles. The quantitative estimate of drug-likeness (QED) is 0.603. The molecule has 0 fully saturated rings. The lowest BCUT2D eigenvalue weighted by Gasteiger charge is -2.17. The van der Waals surface area contributed by atoms with Gasteiger partial charge in [-0.3, -0.25) is 4.79 Å². The van der Waals surface area contributed by atoms with Gasteiger partial charge in [-0.25, -0.2) is 0 Å². The molecule has 0 aromatic carbocycles. The maximum absolute atomic E-state index is 12.2. The molecule has 3 aliphatic rings. The Morgan fingerprint density at radius 2 is 2.00 bits per heavy atom. The van der Waals surface area contributed by atoms with Crippen molar-refractivity contribution in [2.75, 3.05) is 0 Å². The summed E-state index contributed by atoms with van der Waals surface area (Å²) in [6.07, 6.45) is 12.0. The number of ether oxygens (including phenoxy) is 1. The Hall–Kier alpha value is -2.35. The zero-order chi connectivity index (χ0) is 12.7. The number of carbonyl (C=O) groups is 1. The third-order valence-corrected chi connectivity index (χ3v) is 3.15. The van der Waals surface area contributed by atoms with Gasteiger partial charge in [0.1, 0.15) is 11.5 Å². The zero-order valence-corrected chi connectivity index (χ0v) is 9.90. The minimum atomic E-state index is -0.106. The first-order valence-electron chi connectivity index (χ1n) is 5.77. The van der Waals surface area contributed by atoms with E-state index in [2.05, 4.69) is 13.2 Å². The molecule has 0 N–H and O–H groups in total. The minimum absolute atomic E-state index is 0.106. The summed E-state index contributed by atoms with van der Waals surface area (Å²) in [6.45, 7) is 7.65. The van der Waals surface area contributed by atoms with E-state index in [1.807, 2.05) is 24.3 Å². The summed E-state index contributed by atoms with van der Waals surface area (Å²) in [4.78, 5) is 12.2. The second-order valence-electron chi connectivity index (χ2n) is 4.40. The van der Waals surface area contributed by atoms with Crippen LogP contribution in [-0.4, -0.2) is 5.78 Å². The Balaban J connectivity index is 2.32. The number of hydrogen-bond acceptors (Lipinski definition) is 2. The normalized spacial score (nSPS) is 26.6. The van der Waals surface area contributed by atoms with E-state index in [1.54, 1.807) is 12.2 Å². The van der Waals surface area contributed by atoms with Crippen molar-refractivity contribution in [2.24, 2.45) is 0 Å². The summed E-state index contributed by atoms with van der Waals surface area (Å²) >= 11 is 0. The number of ketones is 1. The lowest BCUT2D eigenvalue weighted by atomic mass is 9.97. The predicted molar refractivity (Wildman–Crippen MR) is 70.5 cm³/mol. The van der Waals surface area contributed by atoms with Crippen molar-refractivity contribution in [3.05, 3.63) is 83.4 Å². The van der Waals surface area contributed by atoms with Crippen LogP contribution in [-0.2, 0) is 9.53 Å². The summed E-state index contributed by atoms with van der Waals surface area (Å²) in [5.41, 5.74) is 3.15. The Kier molecular flexibility index (Phi) is 2.30. The van der Waals surface area contributed by atoms with Gasteiger partial charge in [0.2, 0.25) is 0 Å². The van der Waals surface area contributed by atoms with E-state index in [0.29, 0.717) is 22.7 Å². The number of rotatable bonds is 0. The summed E-state index contributed by atoms with van der Waals surface area (Å²) < 4.78 is 5.64. The highest BCUT2D eigenvalue weighted by Gasteiger charge is 2.23. The van der Waals surface area contributed by atoms with Gasteiger partial charge in [-0.15, -0.1) is 0 Å². The largest absolute Gasteiger partial charge is 0.458 e. The molecule has 0 aromatic rings. The SMILES string of the molecule is C=C1/C=C2\C=C/C(=C)C(=O)C3=CC=C2CC=C3O1. The molecule has 0 unspecified atom stereocenters. The Morgan fingerprint density at radius 1 is 1.17 bits per heavy atom. The van der Waals surface area contributed by atoms with Crippen LogP contribution in [0.3, 0.4) is 0 Å². The van der Waals surface area contributed by atoms with E-state index in [0.717, 1.165) is 17.6 Å². The number of Topliss-reactive ketones (excluding diaryl/α,β-unsaturated/α-hetero) is 1. The predicted octanol–water partition coefficient (Wildman–Crippen LogP) is 3.29. The van der Waals surface area contributed by atoms with Crippen LogP contribution >= 0.6 is 0 Å². The standard InChI is InChI=1S/C16H12O2/c1-10-3-4-13-9-11(2)18-15-8-6-12(13)5-7-14(15)16(10)17/h3-5,7-9H,1-2,6H2/b4-3-,13-9+. The van der Waals surface area contributed by atoms with Gasteiger partial charge in [0.05, 0.1) is 5.57 Å². The highest BCUT2D eigenvalue weighted by atomic mass is 16.5. The maximum Gasteiger partial charge on any atom is 0.196 e. The lowest BCUT2D eigenvalue weighted by Crippen LogP contribution is -2.10. The van der Waals surface area contributed by atoms with Crippen molar-refractivity contribution >= 4 is 5.78 Å². The average Bonchev–Trinajstić information content (AvgIpc) is 2.47. The molecule has 0 radical (unpaired) electrons. The van der Waals surface area contributed by atoms with Crippen LogP contribution in [0.4, 0.5) is 0 Å². The first kappa shape index (κ1) is 10.8. The molecule has 2 aliphatic carbocycles. The van der Waals surface area contributed by atoms with Gasteiger partial charge in [-0.05, 0) is 35.8 Å². The summed E-state index contributed by atoms with van der Waals surface area (Å²) in [5.74, 6) is 1.01. The fraction of sp³-hybridized carbons (Fsp3) is 0.0625. The van der Waals surface area contributed by atoms with E-state index >= 15 is 0 Å². The topological polar surface area (TPSA) is 26.3 Å². The molecular formula is C16H12O2. The van der Waals surface area contributed by atoms with Gasteiger partial charge in [0.15, 0.2) is 5.78 Å². The first-order chi connectivity index (χ1) is 8.65. The van der Waals surface area contributed by atoms with Crippen LogP contribution in [0.25, 0.3) is 0 Å². The zero-order valence-electron chi connectivity index (χ0n) is 9.90. The van der Waals surface area contributed by atoms with Crippen LogP contribution in [0.5, 0.6) is 0 Å². The molecule has 0 saturated carbocycles. The van der Waals surface area contributed by atoms with Crippen molar-refractivity contribution in [3.8, 4) is 0 Å². The molecule has 3 bridgehead atoms. The van der Waals surface area contributed by atoms with E-state index in [1.165, 1.54) is 0 Å². The molecule has 1 heterocycles. The highest BCUT2D eigenvalue weighted by Crippen LogP contribution is 2.32. The molecule has 2 heteroatoms. The van der Waals surface area contributed by atoms with Crippen molar-refractivity contribution in [3.63, 3.8) is 0 Å². The molecule has 3 rings (SSSR count). The van der Waals surface area contributed by atoms with E-state index in [4.69, 9.17) is 4.74 Å². The van der Waals surface area contributed by atoms with Crippen molar-refractivity contribution in [1.29, 1.82) is 0 Å². The molecule has 2 nitrogen and oxygen atoms in total. The minimum Gasteiger partial charge on any atom is -0.458 e. The third kappa shape index (κ3) is 1.63. The maximum atomic E-state index is 12.2. The van der Waals surface area contributed by atoms with Gasteiger partial charge in [-0.1, -0.05) is 31.4 Å². The van der Waals surface area contributed by atoms with Crippen LogP contribution in [0.15, 0.2) is 83.4 Å². The molecule has 0 atom stereocenters. The molecular weight excluding hydrogens is 224 g/mol. The van der Waals surface area contributed by atoms with Gasteiger partial charge >= 0.3 is 0 Å². The lowest BCUT2D eigenvalue weighted by molar-refractivity contribution is -0.112. The molecule has 0 aromatic heterocycles. The Bertz CT molecular complexity index is 634. The highest BCUT2D eigenvalue weighted by molar-refractivity contribution is 6.12. The van der Waals surface area contributed by atoms with Gasteiger partial charge in [0, 0.05) is 5.57 Å². The molecule has 0 amide bonds. The van der Waals surface area contributed by atoms with Gasteiger partial charge < -0.3 is 4.74 Å².